The normalized spacial score (nSPS) is 20.5. The molecule has 3 aliphatic heterocycles. The second-order valence-electron chi connectivity index (χ2n) is 14.3. The maximum absolute atomic E-state index is 15.5. The zero-order valence-electron chi connectivity index (χ0n) is 30.2. The predicted octanol–water partition coefficient (Wildman–Crippen LogP) is 5.99. The summed E-state index contributed by atoms with van der Waals surface area (Å²) in [5.41, 5.74) is -1.32. The maximum Gasteiger partial charge on any atom is 0.321 e. The van der Waals surface area contributed by atoms with Gasteiger partial charge in [0.15, 0.2) is 5.54 Å². The molecular weight excluding hydrogens is 665 g/mol. The number of ether oxygens (including phenoxy) is 1. The molecule has 0 saturated carbocycles. The Kier molecular flexibility index (Phi) is 10.4. The molecule has 11 nitrogen and oxygen atoms in total. The molecule has 4 heterocycles. The number of sulfonamides is 1. The van der Waals surface area contributed by atoms with Gasteiger partial charge < -0.3 is 14.5 Å². The Morgan fingerprint density at radius 2 is 1.61 bits per heavy atom. The predicted molar refractivity (Wildman–Crippen MR) is 195 cm³/mol. The fourth-order valence-corrected chi connectivity index (χ4v) is 9.78. The first-order valence-electron chi connectivity index (χ1n) is 18.1. The Morgan fingerprint density at radius 3 is 2.20 bits per heavy atom. The van der Waals surface area contributed by atoms with E-state index in [-0.39, 0.29) is 45.8 Å². The van der Waals surface area contributed by atoms with E-state index < -0.39 is 27.5 Å². The lowest BCUT2D eigenvalue weighted by atomic mass is 9.78. The van der Waals surface area contributed by atoms with Crippen LogP contribution in [0.3, 0.4) is 0 Å². The van der Waals surface area contributed by atoms with Crippen LogP contribution in [0.15, 0.2) is 71.8 Å². The van der Waals surface area contributed by atoms with Gasteiger partial charge in [0.05, 0.1) is 34.4 Å². The van der Waals surface area contributed by atoms with E-state index in [0.717, 1.165) is 43.1 Å². The lowest BCUT2D eigenvalue weighted by molar-refractivity contribution is -0.126. The first kappa shape index (κ1) is 36.3. The van der Waals surface area contributed by atoms with Crippen LogP contribution in [0.5, 0.6) is 5.88 Å². The largest absolute Gasteiger partial charge is 0.478 e. The van der Waals surface area contributed by atoms with Crippen molar-refractivity contribution in [2.24, 2.45) is 11.8 Å². The minimum absolute atomic E-state index is 0.0686. The van der Waals surface area contributed by atoms with Crippen molar-refractivity contribution in [2.45, 2.75) is 82.8 Å². The van der Waals surface area contributed by atoms with Crippen molar-refractivity contribution < 1.29 is 22.7 Å². The summed E-state index contributed by atoms with van der Waals surface area (Å²) in [6, 6.07) is 17.3. The lowest BCUT2D eigenvalue weighted by Crippen LogP contribution is -2.62. The number of fused-ring (bicyclic) bond motifs is 1. The van der Waals surface area contributed by atoms with Gasteiger partial charge in [0.25, 0.3) is 15.9 Å². The van der Waals surface area contributed by atoms with E-state index in [2.05, 4.69) is 29.8 Å². The highest BCUT2D eigenvalue weighted by molar-refractivity contribution is 7.93. The Hall–Kier alpha value is -4.47. The molecule has 1 aromatic heterocycles. The molecule has 12 heteroatoms. The quantitative estimate of drug-likeness (QED) is 0.265. The van der Waals surface area contributed by atoms with Crippen LogP contribution in [-0.4, -0.2) is 84.9 Å². The number of nitriles is 1. The van der Waals surface area contributed by atoms with Crippen molar-refractivity contribution in [3.8, 4) is 11.9 Å². The number of amides is 3. The second-order valence-corrected chi connectivity index (χ2v) is 16.1. The number of pyridine rings is 1. The molecule has 2 saturated heterocycles. The number of hydrogen-bond donors (Lipinski definition) is 0. The molecule has 1 atom stereocenters. The molecule has 6 rings (SSSR count). The number of carbonyl (C=O) groups excluding carboxylic acids is 2. The summed E-state index contributed by atoms with van der Waals surface area (Å²) in [6.07, 6.45) is 5.54. The third kappa shape index (κ3) is 6.35. The van der Waals surface area contributed by atoms with Crippen molar-refractivity contribution in [1.82, 2.24) is 19.7 Å². The molecule has 1 unspecified atom stereocenters. The summed E-state index contributed by atoms with van der Waals surface area (Å²) >= 11 is 0. The molecule has 0 radical (unpaired) electrons. The van der Waals surface area contributed by atoms with Crippen LogP contribution in [0.25, 0.3) is 0 Å². The van der Waals surface area contributed by atoms with E-state index >= 15 is 9.59 Å². The van der Waals surface area contributed by atoms with Crippen LogP contribution in [0, 0.1) is 23.2 Å². The van der Waals surface area contributed by atoms with Crippen molar-refractivity contribution in [3.63, 3.8) is 0 Å². The van der Waals surface area contributed by atoms with Crippen LogP contribution in [-0.2, 0) is 20.4 Å². The lowest BCUT2D eigenvalue weighted by Gasteiger charge is -2.47. The number of nitrogens with zero attached hydrogens (tertiary/aromatic N) is 6. The molecular formula is C39H48N6O5S. The van der Waals surface area contributed by atoms with Gasteiger partial charge in [0, 0.05) is 36.9 Å². The summed E-state index contributed by atoms with van der Waals surface area (Å²) in [5.74, 6) is 0.356. The van der Waals surface area contributed by atoms with Gasteiger partial charge in [0.1, 0.15) is 0 Å². The zero-order chi connectivity index (χ0) is 36.5. The molecule has 0 N–H and O–H groups in total. The number of piperidine rings is 2. The fraction of sp³-hybridized carbons (Fsp3) is 0.487. The monoisotopic (exact) mass is 712 g/mol. The second kappa shape index (κ2) is 14.6. The highest BCUT2D eigenvalue weighted by Gasteiger charge is 2.63. The number of carbonyl (C=O) groups is 2. The summed E-state index contributed by atoms with van der Waals surface area (Å²) in [5, 5.41) is 10.1. The number of aromatic nitrogens is 1. The smallest absolute Gasteiger partial charge is 0.321 e. The molecule has 3 aromatic rings. The Morgan fingerprint density at radius 1 is 0.961 bits per heavy atom. The van der Waals surface area contributed by atoms with Gasteiger partial charge in [-0.05, 0) is 128 Å². The van der Waals surface area contributed by atoms with Crippen molar-refractivity contribution in [3.05, 3.63) is 83.6 Å². The molecule has 3 aliphatic rings. The van der Waals surface area contributed by atoms with Gasteiger partial charge in [-0.25, -0.2) is 18.2 Å². The van der Waals surface area contributed by atoms with E-state index in [9.17, 15) is 13.7 Å². The maximum atomic E-state index is 15.5. The van der Waals surface area contributed by atoms with Crippen molar-refractivity contribution >= 4 is 27.6 Å². The van der Waals surface area contributed by atoms with E-state index in [4.69, 9.17) is 4.74 Å². The van der Waals surface area contributed by atoms with Crippen molar-refractivity contribution in [2.75, 3.05) is 37.1 Å². The number of rotatable bonds is 9. The molecule has 51 heavy (non-hydrogen) atoms. The Balaban J connectivity index is 1.47. The van der Waals surface area contributed by atoms with Gasteiger partial charge in [0.2, 0.25) is 5.88 Å². The molecule has 0 bridgehead atoms. The van der Waals surface area contributed by atoms with Crippen LogP contribution >= 0.6 is 0 Å². The van der Waals surface area contributed by atoms with Crippen molar-refractivity contribution in [1.29, 1.82) is 5.26 Å². The van der Waals surface area contributed by atoms with Crippen LogP contribution in [0.1, 0.15) is 77.0 Å². The van der Waals surface area contributed by atoms with Crippen LogP contribution in [0.4, 0.5) is 10.5 Å². The molecule has 3 amide bonds. The summed E-state index contributed by atoms with van der Waals surface area (Å²) in [7, 11) is -4.48. The van der Waals surface area contributed by atoms with E-state index in [1.807, 2.05) is 13.8 Å². The minimum Gasteiger partial charge on any atom is -0.478 e. The van der Waals surface area contributed by atoms with E-state index in [0.29, 0.717) is 31.0 Å². The highest BCUT2D eigenvalue weighted by atomic mass is 32.2. The Labute approximate surface area is 301 Å². The summed E-state index contributed by atoms with van der Waals surface area (Å²) < 4.78 is 35.8. The first-order valence-corrected chi connectivity index (χ1v) is 19.5. The standard InChI is InChI=1S/C39H48N6O5S/c1-6-50-36-33(13-10-20-41-36)39(34-25-29(26-40)14-15-35(34)45(37(39)46)51(48,49)32-11-8-7-9-12-32)44(28(4)5)38(47)43-23-18-31(19-24-43)30-16-21-42(22-17-30)27(2)3/h7-15,20,25,27-28,30-31H,6,16-19,21-24H2,1-5H3. The first-order chi connectivity index (χ1) is 24.5. The number of hydrogen-bond acceptors (Lipinski definition) is 8. The van der Waals surface area contributed by atoms with Gasteiger partial charge in [-0.15, -0.1) is 0 Å². The Bertz CT molecular complexity index is 1900. The van der Waals surface area contributed by atoms with Crippen LogP contribution in [0.2, 0.25) is 0 Å². The number of benzene rings is 2. The zero-order valence-corrected chi connectivity index (χ0v) is 31.0. The third-order valence-corrected chi connectivity index (χ3v) is 12.5. The minimum atomic E-state index is -4.48. The molecule has 0 spiro atoms. The molecule has 270 valence electrons. The average Bonchev–Trinajstić information content (AvgIpc) is 3.40. The number of urea groups is 1. The third-order valence-electron chi connectivity index (χ3n) is 10.8. The fourth-order valence-electron chi connectivity index (χ4n) is 8.29. The highest BCUT2D eigenvalue weighted by Crippen LogP contribution is 2.53. The summed E-state index contributed by atoms with van der Waals surface area (Å²) in [6.45, 7) is 13.3. The van der Waals surface area contributed by atoms with Gasteiger partial charge >= 0.3 is 6.03 Å². The summed E-state index contributed by atoms with van der Waals surface area (Å²) in [4.78, 5) is 40.8. The van der Waals surface area contributed by atoms with E-state index in [1.165, 1.54) is 41.4 Å². The van der Waals surface area contributed by atoms with Gasteiger partial charge in [-0.3, -0.25) is 9.69 Å². The number of anilines is 1. The molecule has 0 aliphatic carbocycles. The van der Waals surface area contributed by atoms with Gasteiger partial charge in [-0.1, -0.05) is 18.2 Å². The van der Waals surface area contributed by atoms with Crippen LogP contribution < -0.4 is 9.04 Å². The molecule has 2 fully saturated rings. The topological polar surface area (TPSA) is 127 Å². The number of likely N-dealkylation sites (tertiary alicyclic amines) is 2. The van der Waals surface area contributed by atoms with E-state index in [1.54, 1.807) is 42.2 Å². The van der Waals surface area contributed by atoms with Gasteiger partial charge in [-0.2, -0.15) is 9.57 Å². The SMILES string of the molecule is CCOc1ncccc1C1(N(C(=O)N2CCC(C3CCN(C(C)C)CC3)CC2)C(C)C)C(=O)N(S(=O)(=O)c2ccccc2)c2ccc(C#N)cc21. The average molecular weight is 713 g/mol. The molecule has 2 aromatic carbocycles.